The molecule has 0 amide bonds. The van der Waals surface area contributed by atoms with Crippen molar-refractivity contribution >= 4 is 5.97 Å². The predicted molar refractivity (Wildman–Crippen MR) is 81.8 cm³/mol. The molecule has 1 N–H and O–H groups in total. The highest BCUT2D eigenvalue weighted by molar-refractivity contribution is 5.83. The third kappa shape index (κ3) is 3.88. The van der Waals surface area contributed by atoms with Crippen LogP contribution >= 0.6 is 0 Å². The van der Waals surface area contributed by atoms with Crippen LogP contribution in [0.3, 0.4) is 0 Å². The summed E-state index contributed by atoms with van der Waals surface area (Å²) in [7, 11) is 3.16. The molecule has 1 aromatic carbocycles. The minimum absolute atomic E-state index is 0.103. The van der Waals surface area contributed by atoms with Crippen molar-refractivity contribution in [1.29, 1.82) is 0 Å². The molecule has 0 saturated carbocycles. The van der Waals surface area contributed by atoms with E-state index in [1.54, 1.807) is 40.2 Å². The molecular formula is C16H25NO4. The predicted octanol–water partition coefficient (Wildman–Crippen LogP) is 2.48. The minimum Gasteiger partial charge on any atom is -0.497 e. The highest BCUT2D eigenvalue weighted by atomic mass is 16.5. The minimum atomic E-state index is -0.984. The molecule has 0 aliphatic heterocycles. The Morgan fingerprint density at radius 2 is 1.95 bits per heavy atom. The Balaban J connectivity index is 3.34. The lowest BCUT2D eigenvalue weighted by Gasteiger charge is -2.32. The molecule has 1 aromatic rings. The highest BCUT2D eigenvalue weighted by Crippen LogP contribution is 2.34. The lowest BCUT2D eigenvalue weighted by Crippen LogP contribution is -2.50. The second-order valence-electron chi connectivity index (χ2n) is 5.21. The van der Waals surface area contributed by atoms with Crippen LogP contribution in [0.25, 0.3) is 0 Å². The fourth-order valence-corrected chi connectivity index (χ4v) is 2.31. The molecule has 1 unspecified atom stereocenters. The molecule has 1 atom stereocenters. The van der Waals surface area contributed by atoms with E-state index >= 15 is 0 Å². The van der Waals surface area contributed by atoms with Gasteiger partial charge < -0.3 is 14.2 Å². The Kier molecular flexibility index (Phi) is 6.03. The van der Waals surface area contributed by atoms with E-state index in [9.17, 15) is 4.79 Å². The molecular weight excluding hydrogens is 270 g/mol. The van der Waals surface area contributed by atoms with Gasteiger partial charge in [0.1, 0.15) is 17.0 Å². The molecule has 0 heterocycles. The van der Waals surface area contributed by atoms with Crippen molar-refractivity contribution in [1.82, 2.24) is 5.32 Å². The summed E-state index contributed by atoms with van der Waals surface area (Å²) in [5.74, 6) is 0.923. The number of carbonyl (C=O) groups is 1. The van der Waals surface area contributed by atoms with Gasteiger partial charge in [-0.1, -0.05) is 0 Å². The van der Waals surface area contributed by atoms with E-state index in [0.717, 1.165) is 5.56 Å². The first-order valence-corrected chi connectivity index (χ1v) is 7.06. The molecule has 0 aliphatic carbocycles. The van der Waals surface area contributed by atoms with Gasteiger partial charge in [-0.15, -0.1) is 0 Å². The molecule has 5 heteroatoms. The van der Waals surface area contributed by atoms with Gasteiger partial charge in [-0.3, -0.25) is 5.32 Å². The SMILES string of the molecule is CCOC(=O)C(C)(NC(C)C)c1ccc(OC)cc1OC. The van der Waals surface area contributed by atoms with Gasteiger partial charge in [0.2, 0.25) is 0 Å². The zero-order valence-corrected chi connectivity index (χ0v) is 13.6. The Morgan fingerprint density at radius 3 is 2.43 bits per heavy atom. The van der Waals surface area contributed by atoms with Gasteiger partial charge in [0.15, 0.2) is 0 Å². The van der Waals surface area contributed by atoms with Crippen LogP contribution in [0.15, 0.2) is 18.2 Å². The lowest BCUT2D eigenvalue weighted by atomic mass is 9.90. The number of esters is 1. The monoisotopic (exact) mass is 295 g/mol. The van der Waals surface area contributed by atoms with E-state index in [1.165, 1.54) is 0 Å². The normalized spacial score (nSPS) is 13.7. The molecule has 0 fully saturated rings. The average molecular weight is 295 g/mol. The largest absolute Gasteiger partial charge is 0.497 e. The number of hydrogen-bond donors (Lipinski definition) is 1. The average Bonchev–Trinajstić information content (AvgIpc) is 2.45. The molecule has 118 valence electrons. The van der Waals surface area contributed by atoms with Crippen molar-refractivity contribution in [3.8, 4) is 11.5 Å². The van der Waals surface area contributed by atoms with Crippen LogP contribution in [0.1, 0.15) is 33.3 Å². The summed E-state index contributed by atoms with van der Waals surface area (Å²) >= 11 is 0. The molecule has 0 spiro atoms. The zero-order valence-electron chi connectivity index (χ0n) is 13.6. The fourth-order valence-electron chi connectivity index (χ4n) is 2.31. The van der Waals surface area contributed by atoms with Crippen molar-refractivity contribution in [3.05, 3.63) is 23.8 Å². The van der Waals surface area contributed by atoms with E-state index in [0.29, 0.717) is 18.1 Å². The standard InChI is InChI=1S/C16H25NO4/c1-7-21-15(18)16(4,17-11(2)3)13-9-8-12(19-5)10-14(13)20-6/h8-11,17H,7H2,1-6H3. The molecule has 5 nitrogen and oxygen atoms in total. The number of hydrogen-bond acceptors (Lipinski definition) is 5. The maximum absolute atomic E-state index is 12.5. The van der Waals surface area contributed by atoms with Gasteiger partial charge in [-0.25, -0.2) is 4.79 Å². The molecule has 0 aromatic heterocycles. The quantitative estimate of drug-likeness (QED) is 0.783. The van der Waals surface area contributed by atoms with Crippen molar-refractivity contribution < 1.29 is 19.0 Å². The lowest BCUT2D eigenvalue weighted by molar-refractivity contribution is -0.151. The van der Waals surface area contributed by atoms with Gasteiger partial charge in [0.25, 0.3) is 0 Å². The number of nitrogens with one attached hydrogen (secondary N) is 1. The molecule has 0 radical (unpaired) electrons. The Labute approximate surface area is 126 Å². The van der Waals surface area contributed by atoms with Gasteiger partial charge in [-0.05, 0) is 39.8 Å². The Morgan fingerprint density at radius 1 is 1.29 bits per heavy atom. The van der Waals surface area contributed by atoms with Crippen LogP contribution < -0.4 is 14.8 Å². The molecule has 0 aliphatic rings. The van der Waals surface area contributed by atoms with Crippen LogP contribution in [-0.4, -0.2) is 32.8 Å². The molecule has 0 saturated heterocycles. The molecule has 1 rings (SSSR count). The van der Waals surface area contributed by atoms with Crippen molar-refractivity contribution in [2.45, 2.75) is 39.3 Å². The third-order valence-corrected chi connectivity index (χ3v) is 3.21. The van der Waals surface area contributed by atoms with Gasteiger partial charge in [0, 0.05) is 17.7 Å². The Hall–Kier alpha value is -1.75. The van der Waals surface area contributed by atoms with Gasteiger partial charge in [0.05, 0.1) is 20.8 Å². The summed E-state index contributed by atoms with van der Waals surface area (Å²) in [6.07, 6.45) is 0. The first-order chi connectivity index (χ1) is 9.88. The molecule has 0 bridgehead atoms. The van der Waals surface area contributed by atoms with Gasteiger partial charge in [-0.2, -0.15) is 0 Å². The fraction of sp³-hybridized carbons (Fsp3) is 0.562. The Bertz CT molecular complexity index is 487. The smallest absolute Gasteiger partial charge is 0.330 e. The summed E-state index contributed by atoms with van der Waals surface area (Å²) in [6, 6.07) is 5.49. The number of ether oxygens (including phenoxy) is 3. The van der Waals surface area contributed by atoms with Crippen LogP contribution in [0.5, 0.6) is 11.5 Å². The topological polar surface area (TPSA) is 56.8 Å². The maximum atomic E-state index is 12.5. The van der Waals surface area contributed by atoms with Crippen LogP contribution in [0.4, 0.5) is 0 Å². The number of benzene rings is 1. The van der Waals surface area contributed by atoms with Crippen LogP contribution in [0, 0.1) is 0 Å². The number of carbonyl (C=O) groups excluding carboxylic acids is 1. The zero-order chi connectivity index (χ0) is 16.0. The second-order valence-corrected chi connectivity index (χ2v) is 5.21. The maximum Gasteiger partial charge on any atom is 0.330 e. The summed E-state index contributed by atoms with van der Waals surface area (Å²) in [6.45, 7) is 7.88. The van der Waals surface area contributed by atoms with Crippen LogP contribution in [-0.2, 0) is 15.1 Å². The molecule has 21 heavy (non-hydrogen) atoms. The summed E-state index contributed by atoms with van der Waals surface area (Å²) in [4.78, 5) is 12.5. The first kappa shape index (κ1) is 17.3. The summed E-state index contributed by atoms with van der Waals surface area (Å²) in [5, 5.41) is 3.27. The summed E-state index contributed by atoms with van der Waals surface area (Å²) < 4.78 is 15.8. The summed E-state index contributed by atoms with van der Waals surface area (Å²) in [5.41, 5.74) is -0.264. The van der Waals surface area contributed by atoms with Crippen molar-refractivity contribution in [2.24, 2.45) is 0 Å². The van der Waals surface area contributed by atoms with Crippen molar-refractivity contribution in [3.63, 3.8) is 0 Å². The van der Waals surface area contributed by atoms with E-state index in [-0.39, 0.29) is 12.0 Å². The number of rotatable bonds is 7. The van der Waals surface area contributed by atoms with Gasteiger partial charge >= 0.3 is 5.97 Å². The third-order valence-electron chi connectivity index (χ3n) is 3.21. The van der Waals surface area contributed by atoms with E-state index < -0.39 is 5.54 Å². The van der Waals surface area contributed by atoms with E-state index in [4.69, 9.17) is 14.2 Å². The van der Waals surface area contributed by atoms with Crippen LogP contribution in [0.2, 0.25) is 0 Å². The second kappa shape index (κ2) is 7.31. The first-order valence-electron chi connectivity index (χ1n) is 7.06. The van der Waals surface area contributed by atoms with Crippen molar-refractivity contribution in [2.75, 3.05) is 20.8 Å². The van der Waals surface area contributed by atoms with E-state index in [1.807, 2.05) is 19.9 Å². The highest BCUT2D eigenvalue weighted by Gasteiger charge is 2.39. The van der Waals surface area contributed by atoms with E-state index in [2.05, 4.69) is 5.32 Å². The number of methoxy groups -OCH3 is 2.